The van der Waals surface area contributed by atoms with E-state index >= 15 is 0 Å². The van der Waals surface area contributed by atoms with E-state index < -0.39 is 11.7 Å². The van der Waals surface area contributed by atoms with E-state index in [-0.39, 0.29) is 18.0 Å². The minimum absolute atomic E-state index is 0.0221. The molecule has 0 aliphatic rings. The molecule has 0 saturated heterocycles. The smallest absolute Gasteiger partial charge is 0.413 e. The molecule has 136 valence electrons. The fourth-order valence-corrected chi connectivity index (χ4v) is 3.21. The van der Waals surface area contributed by atoms with Crippen LogP contribution in [0.15, 0.2) is 21.5 Å². The number of H-pyrrole nitrogens is 1. The van der Waals surface area contributed by atoms with Crippen LogP contribution < -0.4 is 15.6 Å². The Balaban J connectivity index is 2.06. The lowest BCUT2D eigenvalue weighted by Gasteiger charge is -2.08. The number of aromatic nitrogens is 5. The lowest BCUT2D eigenvalue weighted by Crippen LogP contribution is -2.19. The number of fused-ring (bicyclic) bond motifs is 1. The molecule has 10 nitrogen and oxygen atoms in total. The maximum atomic E-state index is 12.5. The molecule has 0 bridgehead atoms. The van der Waals surface area contributed by atoms with Crippen LogP contribution in [0.4, 0.5) is 10.7 Å². The van der Waals surface area contributed by atoms with Gasteiger partial charge in [0.2, 0.25) is 5.95 Å². The molecule has 1 amide bonds. The molecule has 0 radical (unpaired) electrons. The number of carbonyl (C=O) groups is 1. The standard InChI is InChI=1S/C14H12BrIN6O4/c1-25-8-3-6(15)4-17-7(8)5-22-10-9(11(16)21-22)18-13(19-12(10)23)20-14(24)26-2/h3-4H,5H2,1-2H3,(H2,18,19,20,23,24). The van der Waals surface area contributed by atoms with Gasteiger partial charge in [0.25, 0.3) is 5.56 Å². The topological polar surface area (TPSA) is 124 Å². The number of anilines is 1. The van der Waals surface area contributed by atoms with Gasteiger partial charge in [0.05, 0.1) is 20.8 Å². The van der Waals surface area contributed by atoms with E-state index in [1.807, 2.05) is 22.6 Å². The monoisotopic (exact) mass is 534 g/mol. The predicted octanol–water partition coefficient (Wildman–Crippen LogP) is 2.12. The van der Waals surface area contributed by atoms with Gasteiger partial charge < -0.3 is 9.47 Å². The average molecular weight is 535 g/mol. The number of ether oxygens (including phenoxy) is 2. The molecular formula is C14H12BrIN6O4. The number of hydrogen-bond donors (Lipinski definition) is 2. The molecule has 12 heteroatoms. The number of nitrogens with one attached hydrogen (secondary N) is 2. The molecule has 3 aromatic rings. The van der Waals surface area contributed by atoms with Gasteiger partial charge in [0, 0.05) is 10.7 Å². The molecule has 0 aliphatic heterocycles. The van der Waals surface area contributed by atoms with Gasteiger partial charge in [-0.3, -0.25) is 24.8 Å². The number of rotatable bonds is 4. The van der Waals surface area contributed by atoms with Gasteiger partial charge in [-0.05, 0) is 44.6 Å². The van der Waals surface area contributed by atoms with Crippen molar-refractivity contribution in [1.29, 1.82) is 0 Å². The zero-order valence-corrected chi connectivity index (χ0v) is 17.3. The molecule has 0 fully saturated rings. The summed E-state index contributed by atoms with van der Waals surface area (Å²) in [6.45, 7) is 0.213. The number of methoxy groups -OCH3 is 2. The van der Waals surface area contributed by atoms with E-state index in [2.05, 4.69) is 46.0 Å². The summed E-state index contributed by atoms with van der Waals surface area (Å²) in [5, 5.41) is 6.68. The first kappa shape index (κ1) is 18.6. The molecule has 0 saturated carbocycles. The molecule has 0 atom stereocenters. The highest BCUT2D eigenvalue weighted by molar-refractivity contribution is 14.1. The third-order valence-electron chi connectivity index (χ3n) is 3.38. The Morgan fingerprint density at radius 1 is 1.46 bits per heavy atom. The maximum absolute atomic E-state index is 12.5. The zero-order valence-electron chi connectivity index (χ0n) is 13.5. The summed E-state index contributed by atoms with van der Waals surface area (Å²) in [5.41, 5.74) is 0.772. The quantitative estimate of drug-likeness (QED) is 0.491. The molecule has 0 aromatic carbocycles. The van der Waals surface area contributed by atoms with Crippen molar-refractivity contribution in [3.63, 3.8) is 0 Å². The summed E-state index contributed by atoms with van der Waals surface area (Å²) < 4.78 is 12.6. The highest BCUT2D eigenvalue weighted by atomic mass is 127. The Labute approximate surface area is 168 Å². The Hall–Kier alpha value is -2.22. The van der Waals surface area contributed by atoms with Crippen LogP contribution in [0.2, 0.25) is 0 Å². The van der Waals surface area contributed by atoms with E-state index in [1.165, 1.54) is 18.9 Å². The maximum Gasteiger partial charge on any atom is 0.413 e. The van der Waals surface area contributed by atoms with Crippen LogP contribution in [-0.2, 0) is 11.3 Å². The van der Waals surface area contributed by atoms with E-state index in [9.17, 15) is 9.59 Å². The van der Waals surface area contributed by atoms with Gasteiger partial charge in [0.1, 0.15) is 20.7 Å². The van der Waals surface area contributed by atoms with Crippen LogP contribution in [0.25, 0.3) is 11.0 Å². The number of hydrogen-bond acceptors (Lipinski definition) is 7. The first-order valence-corrected chi connectivity index (χ1v) is 8.99. The van der Waals surface area contributed by atoms with Crippen LogP contribution in [0.3, 0.4) is 0 Å². The molecule has 3 aromatic heterocycles. The van der Waals surface area contributed by atoms with E-state index in [4.69, 9.17) is 4.74 Å². The van der Waals surface area contributed by atoms with E-state index in [1.54, 1.807) is 12.3 Å². The second-order valence-corrected chi connectivity index (χ2v) is 6.92. The minimum atomic E-state index is -0.737. The number of aromatic amines is 1. The average Bonchev–Trinajstić information content (AvgIpc) is 2.92. The van der Waals surface area contributed by atoms with E-state index in [0.29, 0.717) is 20.7 Å². The summed E-state index contributed by atoms with van der Waals surface area (Å²) in [6, 6.07) is 1.78. The third-order valence-corrected chi connectivity index (χ3v) is 4.54. The first-order valence-electron chi connectivity index (χ1n) is 7.12. The predicted molar refractivity (Wildman–Crippen MR) is 104 cm³/mol. The highest BCUT2D eigenvalue weighted by Gasteiger charge is 2.18. The van der Waals surface area contributed by atoms with Crippen molar-refractivity contribution in [1.82, 2.24) is 24.7 Å². The Morgan fingerprint density at radius 3 is 2.92 bits per heavy atom. The van der Waals surface area contributed by atoms with Crippen molar-refractivity contribution >= 4 is 61.6 Å². The number of carbonyl (C=O) groups excluding carboxylic acids is 1. The van der Waals surface area contributed by atoms with Gasteiger partial charge in [-0.1, -0.05) is 0 Å². The van der Waals surface area contributed by atoms with E-state index in [0.717, 1.165) is 4.47 Å². The number of pyridine rings is 1. The normalized spacial score (nSPS) is 10.8. The number of nitrogens with zero attached hydrogens (tertiary/aromatic N) is 4. The summed E-state index contributed by atoms with van der Waals surface area (Å²) in [6.07, 6.45) is 0.897. The van der Waals surface area contributed by atoms with Gasteiger partial charge in [-0.2, -0.15) is 5.10 Å². The zero-order chi connectivity index (χ0) is 18.8. The van der Waals surface area contributed by atoms with Gasteiger partial charge >= 0.3 is 6.09 Å². The second kappa shape index (κ2) is 7.57. The van der Waals surface area contributed by atoms with Crippen LogP contribution in [-0.4, -0.2) is 45.0 Å². The molecular weight excluding hydrogens is 523 g/mol. The fourth-order valence-electron chi connectivity index (χ4n) is 2.26. The van der Waals surface area contributed by atoms with Crippen molar-refractivity contribution in [2.75, 3.05) is 19.5 Å². The highest BCUT2D eigenvalue weighted by Crippen LogP contribution is 2.23. The molecule has 3 rings (SSSR count). The van der Waals surface area contributed by atoms with Crippen molar-refractivity contribution in [3.05, 3.63) is 36.5 Å². The van der Waals surface area contributed by atoms with Gasteiger partial charge in [-0.25, -0.2) is 9.78 Å². The SMILES string of the molecule is COC(=O)Nc1nc2c(I)nn(Cc3ncc(Br)cc3OC)c2c(=O)[nH]1. The Bertz CT molecular complexity index is 1050. The summed E-state index contributed by atoms with van der Waals surface area (Å²) in [7, 11) is 2.75. The lowest BCUT2D eigenvalue weighted by molar-refractivity contribution is 0.186. The first-order chi connectivity index (χ1) is 12.4. The summed E-state index contributed by atoms with van der Waals surface area (Å²) in [4.78, 5) is 34.8. The third kappa shape index (κ3) is 3.65. The minimum Gasteiger partial charge on any atom is -0.495 e. The Morgan fingerprint density at radius 2 is 2.23 bits per heavy atom. The molecule has 0 spiro atoms. The van der Waals surface area contributed by atoms with Crippen molar-refractivity contribution in [3.8, 4) is 5.75 Å². The van der Waals surface area contributed by atoms with Crippen molar-refractivity contribution in [2.24, 2.45) is 0 Å². The van der Waals surface area contributed by atoms with Gasteiger partial charge in [-0.15, -0.1) is 0 Å². The summed E-state index contributed by atoms with van der Waals surface area (Å²) >= 11 is 5.31. The molecule has 0 unspecified atom stereocenters. The van der Waals surface area contributed by atoms with Crippen molar-refractivity contribution in [2.45, 2.75) is 6.54 Å². The fraction of sp³-hybridized carbons (Fsp3) is 0.214. The largest absolute Gasteiger partial charge is 0.495 e. The molecule has 0 aliphatic carbocycles. The van der Waals surface area contributed by atoms with Crippen molar-refractivity contribution < 1.29 is 14.3 Å². The molecule has 2 N–H and O–H groups in total. The number of amides is 1. The van der Waals surface area contributed by atoms with Crippen LogP contribution in [0.5, 0.6) is 5.75 Å². The van der Waals surface area contributed by atoms with Crippen LogP contribution in [0, 0.1) is 3.70 Å². The summed E-state index contributed by atoms with van der Waals surface area (Å²) in [5.74, 6) is 0.539. The Kier molecular flexibility index (Phi) is 5.41. The van der Waals surface area contributed by atoms with Gasteiger partial charge in [0.15, 0.2) is 5.52 Å². The number of halogens is 2. The molecule has 3 heterocycles. The van der Waals surface area contributed by atoms with Crippen LogP contribution >= 0.6 is 38.5 Å². The second-order valence-electron chi connectivity index (χ2n) is 4.98. The molecule has 26 heavy (non-hydrogen) atoms. The van der Waals surface area contributed by atoms with Crippen LogP contribution in [0.1, 0.15) is 5.69 Å². The lowest BCUT2D eigenvalue weighted by atomic mass is 10.3.